The first-order valence-corrected chi connectivity index (χ1v) is 7.53. The molecule has 1 fully saturated rings. The Labute approximate surface area is 121 Å². The van der Waals surface area contributed by atoms with Crippen LogP contribution in [0.25, 0.3) is 10.2 Å². The topological polar surface area (TPSA) is 54.5 Å². The van der Waals surface area contributed by atoms with E-state index in [0.29, 0.717) is 26.2 Å². The molecule has 1 aliphatic rings. The number of amides is 2. The number of aromatic nitrogens is 1. The highest BCUT2D eigenvalue weighted by molar-refractivity contribution is 7.18. The zero-order valence-electron chi connectivity index (χ0n) is 11.3. The lowest BCUT2D eigenvalue weighted by Gasteiger charge is -2.31. The summed E-state index contributed by atoms with van der Waals surface area (Å²) in [5.74, 6) is 0. The van der Waals surface area contributed by atoms with Crippen LogP contribution < -0.4 is 5.32 Å². The van der Waals surface area contributed by atoms with Gasteiger partial charge < -0.3 is 15.0 Å². The normalized spacial score (nSPS) is 19.2. The third-order valence-corrected chi connectivity index (χ3v) is 4.29. The fourth-order valence-electron chi connectivity index (χ4n) is 2.26. The monoisotopic (exact) mass is 291 g/mol. The van der Waals surface area contributed by atoms with Crippen LogP contribution in [0.15, 0.2) is 24.3 Å². The van der Waals surface area contributed by atoms with Crippen LogP contribution >= 0.6 is 11.3 Å². The van der Waals surface area contributed by atoms with E-state index in [2.05, 4.69) is 10.3 Å². The Kier molecular flexibility index (Phi) is 3.84. The Morgan fingerprint density at radius 2 is 2.40 bits per heavy atom. The van der Waals surface area contributed by atoms with Crippen molar-refractivity contribution in [3.05, 3.63) is 29.3 Å². The van der Waals surface area contributed by atoms with Crippen molar-refractivity contribution in [1.82, 2.24) is 15.2 Å². The third kappa shape index (κ3) is 2.91. The molecule has 2 heterocycles. The van der Waals surface area contributed by atoms with Gasteiger partial charge in [0.05, 0.1) is 29.5 Å². The molecule has 3 rings (SSSR count). The molecule has 2 amide bonds. The van der Waals surface area contributed by atoms with Crippen molar-refractivity contribution in [3.8, 4) is 0 Å². The van der Waals surface area contributed by atoms with E-state index in [0.717, 1.165) is 15.2 Å². The molecular formula is C14H17N3O2S. The molecule has 6 heteroatoms. The van der Waals surface area contributed by atoms with Gasteiger partial charge in [-0.25, -0.2) is 9.78 Å². The number of carbonyl (C=O) groups excluding carboxylic acids is 1. The van der Waals surface area contributed by atoms with Gasteiger partial charge in [0.1, 0.15) is 5.01 Å². The van der Waals surface area contributed by atoms with Gasteiger partial charge in [0.15, 0.2) is 0 Å². The maximum Gasteiger partial charge on any atom is 0.317 e. The van der Waals surface area contributed by atoms with Gasteiger partial charge in [-0.15, -0.1) is 11.3 Å². The first kappa shape index (κ1) is 13.3. The fraction of sp³-hybridized carbons (Fsp3) is 0.429. The molecule has 0 spiro atoms. The van der Waals surface area contributed by atoms with Crippen molar-refractivity contribution >= 4 is 27.6 Å². The Morgan fingerprint density at radius 3 is 3.20 bits per heavy atom. The number of carbonyl (C=O) groups is 1. The van der Waals surface area contributed by atoms with E-state index in [4.69, 9.17) is 4.74 Å². The van der Waals surface area contributed by atoms with E-state index >= 15 is 0 Å². The Balaban J connectivity index is 1.59. The van der Waals surface area contributed by atoms with Crippen LogP contribution in [-0.2, 0) is 11.3 Å². The second kappa shape index (κ2) is 5.76. The number of para-hydroxylation sites is 1. The van der Waals surface area contributed by atoms with Crippen molar-refractivity contribution in [2.24, 2.45) is 0 Å². The second-order valence-corrected chi connectivity index (χ2v) is 5.98. The smallest absolute Gasteiger partial charge is 0.317 e. The summed E-state index contributed by atoms with van der Waals surface area (Å²) in [7, 11) is 0. The van der Waals surface area contributed by atoms with Gasteiger partial charge in [0.2, 0.25) is 0 Å². The number of fused-ring (bicyclic) bond motifs is 1. The highest BCUT2D eigenvalue weighted by Crippen LogP contribution is 2.21. The molecule has 0 aliphatic carbocycles. The summed E-state index contributed by atoms with van der Waals surface area (Å²) in [4.78, 5) is 18.4. The van der Waals surface area contributed by atoms with E-state index in [1.54, 1.807) is 16.2 Å². The van der Waals surface area contributed by atoms with Crippen LogP contribution in [0.1, 0.15) is 11.9 Å². The largest absolute Gasteiger partial charge is 0.375 e. The number of ether oxygens (including phenoxy) is 1. The van der Waals surface area contributed by atoms with Crippen LogP contribution in [0.2, 0.25) is 0 Å². The number of benzene rings is 1. The van der Waals surface area contributed by atoms with Crippen LogP contribution in [-0.4, -0.2) is 41.7 Å². The molecule has 0 saturated carbocycles. The zero-order chi connectivity index (χ0) is 13.9. The van der Waals surface area contributed by atoms with Gasteiger partial charge >= 0.3 is 6.03 Å². The lowest BCUT2D eigenvalue weighted by atomic mass is 10.3. The van der Waals surface area contributed by atoms with Crippen molar-refractivity contribution in [1.29, 1.82) is 0 Å². The molecule has 1 N–H and O–H groups in total. The standard InChI is InChI=1S/C14H17N3O2S/c1-10-9-17(6-7-19-10)14(18)15-8-13-16-11-4-2-3-5-12(11)20-13/h2-5,10H,6-9H2,1H3,(H,15,18). The molecular weight excluding hydrogens is 274 g/mol. The maximum absolute atomic E-state index is 12.1. The molecule has 5 nitrogen and oxygen atoms in total. The third-order valence-electron chi connectivity index (χ3n) is 3.26. The first-order chi connectivity index (χ1) is 9.72. The first-order valence-electron chi connectivity index (χ1n) is 6.71. The molecule has 0 bridgehead atoms. The number of rotatable bonds is 2. The lowest BCUT2D eigenvalue weighted by Crippen LogP contribution is -2.48. The summed E-state index contributed by atoms with van der Waals surface area (Å²) in [6, 6.07) is 7.96. The summed E-state index contributed by atoms with van der Waals surface area (Å²) in [5.41, 5.74) is 0.988. The number of thiazole rings is 1. The van der Waals surface area contributed by atoms with Crippen LogP contribution in [0, 0.1) is 0 Å². The summed E-state index contributed by atoms with van der Waals surface area (Å²) in [5, 5.41) is 3.86. The number of hydrogen-bond acceptors (Lipinski definition) is 4. The maximum atomic E-state index is 12.1. The van der Waals surface area contributed by atoms with Crippen LogP contribution in [0.5, 0.6) is 0 Å². The molecule has 1 atom stereocenters. The quantitative estimate of drug-likeness (QED) is 0.923. The Bertz CT molecular complexity index is 580. The SMILES string of the molecule is CC1CN(C(=O)NCc2nc3ccccc3s2)CCO1. The zero-order valence-corrected chi connectivity index (χ0v) is 12.2. The number of hydrogen-bond donors (Lipinski definition) is 1. The Morgan fingerprint density at radius 1 is 1.55 bits per heavy atom. The highest BCUT2D eigenvalue weighted by Gasteiger charge is 2.21. The lowest BCUT2D eigenvalue weighted by molar-refractivity contribution is -0.00351. The predicted molar refractivity (Wildman–Crippen MR) is 78.8 cm³/mol. The number of nitrogens with zero attached hydrogens (tertiary/aromatic N) is 2. The summed E-state index contributed by atoms with van der Waals surface area (Å²) in [6.07, 6.45) is 0.108. The van der Waals surface area contributed by atoms with E-state index < -0.39 is 0 Å². The second-order valence-electron chi connectivity index (χ2n) is 4.86. The van der Waals surface area contributed by atoms with Gasteiger partial charge in [-0.2, -0.15) is 0 Å². The molecule has 1 aromatic heterocycles. The number of nitrogens with one attached hydrogen (secondary N) is 1. The van der Waals surface area contributed by atoms with E-state index in [1.165, 1.54) is 0 Å². The average Bonchev–Trinajstić information content (AvgIpc) is 2.87. The minimum Gasteiger partial charge on any atom is -0.375 e. The average molecular weight is 291 g/mol. The number of urea groups is 1. The van der Waals surface area contributed by atoms with E-state index in [-0.39, 0.29) is 12.1 Å². The summed E-state index contributed by atoms with van der Waals surface area (Å²) >= 11 is 1.62. The van der Waals surface area contributed by atoms with Gasteiger partial charge in [-0.05, 0) is 19.1 Å². The van der Waals surface area contributed by atoms with Crippen molar-refractivity contribution in [2.75, 3.05) is 19.7 Å². The molecule has 0 radical (unpaired) electrons. The molecule has 1 saturated heterocycles. The van der Waals surface area contributed by atoms with Gasteiger partial charge in [0.25, 0.3) is 0 Å². The minimum absolute atomic E-state index is 0.0422. The van der Waals surface area contributed by atoms with Gasteiger partial charge in [-0.3, -0.25) is 0 Å². The van der Waals surface area contributed by atoms with Crippen LogP contribution in [0.3, 0.4) is 0 Å². The van der Waals surface area contributed by atoms with Crippen molar-refractivity contribution < 1.29 is 9.53 Å². The van der Waals surface area contributed by atoms with E-state index in [9.17, 15) is 4.79 Å². The molecule has 1 aliphatic heterocycles. The summed E-state index contributed by atoms with van der Waals surface area (Å²) < 4.78 is 6.58. The molecule has 106 valence electrons. The Hall–Kier alpha value is -1.66. The van der Waals surface area contributed by atoms with Crippen molar-refractivity contribution in [3.63, 3.8) is 0 Å². The highest BCUT2D eigenvalue weighted by atomic mass is 32.1. The molecule has 1 aromatic carbocycles. The van der Waals surface area contributed by atoms with E-state index in [1.807, 2.05) is 31.2 Å². The van der Waals surface area contributed by atoms with Crippen LogP contribution in [0.4, 0.5) is 4.79 Å². The minimum atomic E-state index is -0.0422. The molecule has 20 heavy (non-hydrogen) atoms. The summed E-state index contributed by atoms with van der Waals surface area (Å²) in [6.45, 7) is 4.36. The van der Waals surface area contributed by atoms with Gasteiger partial charge in [0, 0.05) is 13.1 Å². The van der Waals surface area contributed by atoms with Crippen molar-refractivity contribution in [2.45, 2.75) is 19.6 Å². The predicted octanol–water partition coefficient (Wildman–Crippen LogP) is 2.23. The fourth-order valence-corrected chi connectivity index (χ4v) is 3.17. The molecule has 2 aromatic rings. The number of morpholine rings is 1. The molecule has 1 unspecified atom stereocenters. The van der Waals surface area contributed by atoms with Gasteiger partial charge in [-0.1, -0.05) is 12.1 Å².